The fourth-order valence-corrected chi connectivity index (χ4v) is 2.36. The van der Waals surface area contributed by atoms with Gasteiger partial charge in [-0.2, -0.15) is 0 Å². The molecule has 2 N–H and O–H groups in total. The predicted octanol–water partition coefficient (Wildman–Crippen LogP) is 2.20. The van der Waals surface area contributed by atoms with Gasteiger partial charge >= 0.3 is 0 Å². The van der Waals surface area contributed by atoms with Crippen LogP contribution in [0.15, 0.2) is 30.5 Å². The van der Waals surface area contributed by atoms with Crippen LogP contribution in [0.25, 0.3) is 10.9 Å². The Bertz CT molecular complexity index is 648. The van der Waals surface area contributed by atoms with Crippen LogP contribution in [0.3, 0.4) is 0 Å². The predicted molar refractivity (Wildman–Crippen MR) is 88.0 cm³/mol. The summed E-state index contributed by atoms with van der Waals surface area (Å²) in [4.78, 5) is 29.4. The number of aromatic amines is 1. The smallest absolute Gasteiger partial charge is 0.292 e. The summed E-state index contributed by atoms with van der Waals surface area (Å²) < 4.78 is 0. The highest BCUT2D eigenvalue weighted by molar-refractivity contribution is 6.44. The molecule has 0 aliphatic rings. The average Bonchev–Trinajstić information content (AvgIpc) is 2.96. The Kier molecular flexibility index (Phi) is 5.72. The molecule has 0 fully saturated rings. The van der Waals surface area contributed by atoms with Crippen LogP contribution in [0.2, 0.25) is 0 Å². The molecule has 22 heavy (non-hydrogen) atoms. The van der Waals surface area contributed by atoms with Gasteiger partial charge in [0, 0.05) is 30.2 Å². The Morgan fingerprint density at radius 3 is 2.77 bits per heavy atom. The highest BCUT2D eigenvalue weighted by Crippen LogP contribution is 2.17. The number of rotatable bonds is 8. The lowest BCUT2D eigenvalue weighted by molar-refractivity contribution is -0.117. The Morgan fingerprint density at radius 2 is 2.00 bits per heavy atom. The zero-order valence-electron chi connectivity index (χ0n) is 13.2. The SMILES string of the molecule is CCCCN(C)CCNC(=O)C(=O)c1c[nH]c2ccccc12. The number of nitrogens with one attached hydrogen (secondary N) is 2. The van der Waals surface area contributed by atoms with E-state index in [4.69, 9.17) is 0 Å². The average molecular weight is 301 g/mol. The number of amides is 1. The van der Waals surface area contributed by atoms with Crippen molar-refractivity contribution in [3.8, 4) is 0 Å². The van der Waals surface area contributed by atoms with Gasteiger partial charge in [0.2, 0.25) is 0 Å². The molecule has 1 aromatic heterocycles. The topological polar surface area (TPSA) is 65.2 Å². The Labute approximate surface area is 130 Å². The van der Waals surface area contributed by atoms with Crippen molar-refractivity contribution in [1.82, 2.24) is 15.2 Å². The van der Waals surface area contributed by atoms with Gasteiger partial charge in [0.15, 0.2) is 0 Å². The number of likely N-dealkylation sites (N-methyl/N-ethyl adjacent to an activating group) is 1. The van der Waals surface area contributed by atoms with Crippen molar-refractivity contribution in [1.29, 1.82) is 0 Å². The summed E-state index contributed by atoms with van der Waals surface area (Å²) in [5.41, 5.74) is 1.28. The van der Waals surface area contributed by atoms with E-state index in [1.54, 1.807) is 6.20 Å². The van der Waals surface area contributed by atoms with Crippen LogP contribution in [0.4, 0.5) is 0 Å². The fourth-order valence-electron chi connectivity index (χ4n) is 2.36. The number of Topliss-reactive ketones (excluding diaryl/α,β-unsaturated/α-hetero) is 1. The van der Waals surface area contributed by atoms with Crippen LogP contribution >= 0.6 is 0 Å². The second kappa shape index (κ2) is 7.75. The number of H-pyrrole nitrogens is 1. The molecule has 0 saturated heterocycles. The second-order valence-electron chi connectivity index (χ2n) is 5.49. The Hall–Kier alpha value is -2.14. The number of fused-ring (bicyclic) bond motifs is 1. The Balaban J connectivity index is 1.89. The van der Waals surface area contributed by atoms with Gasteiger partial charge in [-0.3, -0.25) is 9.59 Å². The number of aromatic nitrogens is 1. The van der Waals surface area contributed by atoms with E-state index in [1.165, 1.54) is 0 Å². The first-order chi connectivity index (χ1) is 10.6. The molecule has 0 aliphatic heterocycles. The van der Waals surface area contributed by atoms with E-state index in [2.05, 4.69) is 22.1 Å². The van der Waals surface area contributed by atoms with Gasteiger partial charge in [-0.15, -0.1) is 0 Å². The Morgan fingerprint density at radius 1 is 1.23 bits per heavy atom. The van der Waals surface area contributed by atoms with E-state index in [1.807, 2.05) is 31.3 Å². The maximum Gasteiger partial charge on any atom is 0.292 e. The van der Waals surface area contributed by atoms with E-state index in [0.29, 0.717) is 12.1 Å². The van der Waals surface area contributed by atoms with Crippen molar-refractivity contribution in [2.24, 2.45) is 0 Å². The molecule has 118 valence electrons. The molecule has 2 aromatic rings. The minimum atomic E-state index is -0.548. The number of benzene rings is 1. The van der Waals surface area contributed by atoms with Gasteiger partial charge < -0.3 is 15.2 Å². The van der Waals surface area contributed by atoms with E-state index >= 15 is 0 Å². The van der Waals surface area contributed by atoms with E-state index < -0.39 is 11.7 Å². The van der Waals surface area contributed by atoms with E-state index in [9.17, 15) is 9.59 Å². The molecule has 5 heteroatoms. The van der Waals surface area contributed by atoms with Crippen molar-refractivity contribution in [3.63, 3.8) is 0 Å². The van der Waals surface area contributed by atoms with Crippen molar-refractivity contribution < 1.29 is 9.59 Å². The quantitative estimate of drug-likeness (QED) is 0.580. The molecule has 0 saturated carbocycles. The number of ketones is 1. The van der Waals surface area contributed by atoms with Crippen LogP contribution in [0, 0.1) is 0 Å². The van der Waals surface area contributed by atoms with Crippen LogP contribution in [0.1, 0.15) is 30.1 Å². The van der Waals surface area contributed by atoms with Gasteiger partial charge in [-0.1, -0.05) is 31.5 Å². The molecule has 0 bridgehead atoms. The number of nitrogens with zero attached hydrogens (tertiary/aromatic N) is 1. The summed E-state index contributed by atoms with van der Waals surface area (Å²) in [5, 5.41) is 3.48. The summed E-state index contributed by atoms with van der Waals surface area (Å²) in [7, 11) is 2.02. The summed E-state index contributed by atoms with van der Waals surface area (Å²) in [6, 6.07) is 7.46. The molecule has 1 aromatic carbocycles. The third-order valence-corrected chi connectivity index (χ3v) is 3.71. The number of para-hydroxylation sites is 1. The third kappa shape index (κ3) is 3.95. The van der Waals surface area contributed by atoms with Crippen molar-refractivity contribution in [3.05, 3.63) is 36.0 Å². The molecule has 0 atom stereocenters. The van der Waals surface area contributed by atoms with E-state index in [-0.39, 0.29) is 0 Å². The lowest BCUT2D eigenvalue weighted by atomic mass is 10.1. The normalized spacial score (nSPS) is 11.0. The highest BCUT2D eigenvalue weighted by atomic mass is 16.2. The van der Waals surface area contributed by atoms with Gasteiger partial charge in [0.25, 0.3) is 11.7 Å². The third-order valence-electron chi connectivity index (χ3n) is 3.71. The van der Waals surface area contributed by atoms with Gasteiger partial charge in [-0.05, 0) is 26.1 Å². The second-order valence-corrected chi connectivity index (χ2v) is 5.49. The first-order valence-corrected chi connectivity index (χ1v) is 7.70. The molecular weight excluding hydrogens is 278 g/mol. The summed E-state index contributed by atoms with van der Waals surface area (Å²) in [6.45, 7) is 4.37. The minimum absolute atomic E-state index is 0.424. The van der Waals surface area contributed by atoms with Crippen LogP contribution in [-0.2, 0) is 4.79 Å². The summed E-state index contributed by atoms with van der Waals surface area (Å²) in [6.07, 6.45) is 3.88. The maximum atomic E-state index is 12.2. The number of carbonyl (C=O) groups excluding carboxylic acids is 2. The lowest BCUT2D eigenvalue weighted by Gasteiger charge is -2.15. The van der Waals surface area contributed by atoms with Crippen LogP contribution in [0.5, 0.6) is 0 Å². The van der Waals surface area contributed by atoms with Crippen LogP contribution < -0.4 is 5.32 Å². The number of hydrogen-bond donors (Lipinski definition) is 2. The molecule has 2 rings (SSSR count). The first kappa shape index (κ1) is 16.2. The number of hydrogen-bond acceptors (Lipinski definition) is 3. The first-order valence-electron chi connectivity index (χ1n) is 7.70. The van der Waals surface area contributed by atoms with E-state index in [0.717, 1.165) is 36.8 Å². The van der Waals surface area contributed by atoms with Crippen molar-refractivity contribution >= 4 is 22.6 Å². The molecule has 1 amide bonds. The highest BCUT2D eigenvalue weighted by Gasteiger charge is 2.19. The largest absolute Gasteiger partial charge is 0.360 e. The van der Waals surface area contributed by atoms with Gasteiger partial charge in [0.1, 0.15) is 0 Å². The number of carbonyl (C=O) groups is 2. The lowest BCUT2D eigenvalue weighted by Crippen LogP contribution is -2.37. The summed E-state index contributed by atoms with van der Waals surface area (Å²) >= 11 is 0. The van der Waals surface area contributed by atoms with Crippen molar-refractivity contribution in [2.45, 2.75) is 19.8 Å². The molecule has 5 nitrogen and oxygen atoms in total. The van der Waals surface area contributed by atoms with Gasteiger partial charge in [-0.25, -0.2) is 0 Å². The fraction of sp³-hybridized carbons (Fsp3) is 0.412. The molecule has 1 heterocycles. The molecule has 0 unspecified atom stereocenters. The zero-order chi connectivity index (χ0) is 15.9. The zero-order valence-corrected chi connectivity index (χ0v) is 13.2. The molecular formula is C17H23N3O2. The van der Waals surface area contributed by atoms with Gasteiger partial charge in [0.05, 0.1) is 5.56 Å². The molecule has 0 spiro atoms. The minimum Gasteiger partial charge on any atom is -0.360 e. The molecule has 0 aliphatic carbocycles. The summed E-state index contributed by atoms with van der Waals surface area (Å²) in [5.74, 6) is -1.04. The standard InChI is InChI=1S/C17H23N3O2/c1-3-4-10-20(2)11-9-18-17(22)16(21)14-12-19-15-8-6-5-7-13(14)15/h5-8,12,19H,3-4,9-11H2,1-2H3,(H,18,22). The van der Waals surface area contributed by atoms with Crippen molar-refractivity contribution in [2.75, 3.05) is 26.7 Å². The monoisotopic (exact) mass is 301 g/mol. The number of unbranched alkanes of at least 4 members (excludes halogenated alkanes) is 1. The maximum absolute atomic E-state index is 12.2. The van der Waals surface area contributed by atoms with Crippen LogP contribution in [-0.4, -0.2) is 48.3 Å². The molecule has 0 radical (unpaired) electrons.